The molecule has 0 atom stereocenters. The summed E-state index contributed by atoms with van der Waals surface area (Å²) in [5, 5.41) is 55.6. The zero-order chi connectivity index (χ0) is 79.8. The largest absolute Gasteiger partial charge is 2.00 e. The Morgan fingerprint density at radius 2 is 0.136 bits per heavy atom. The molecule has 0 saturated carbocycles. The van der Waals surface area contributed by atoms with E-state index in [4.69, 9.17) is 0 Å². The first kappa shape index (κ1) is 168. The molecule has 0 heterocycles. The molecule has 0 spiro atoms. The second kappa shape index (κ2) is 134. The van der Waals surface area contributed by atoms with Gasteiger partial charge in [0.05, 0.1) is 0 Å². The van der Waals surface area contributed by atoms with Crippen LogP contribution in [0, 0.1) is 0 Å². The molecule has 20 nitrogen and oxygen atoms in total. The summed E-state index contributed by atoms with van der Waals surface area (Å²) < 4.78 is 7.45. The van der Waals surface area contributed by atoms with Gasteiger partial charge in [0.25, 0.3) is 0 Å². The summed E-state index contributed by atoms with van der Waals surface area (Å²) in [5.74, 6) is 0. The van der Waals surface area contributed by atoms with E-state index in [9.17, 15) is 0 Å². The van der Waals surface area contributed by atoms with Crippen LogP contribution in [0.4, 0.5) is 0 Å². The van der Waals surface area contributed by atoms with Crippen LogP contribution in [-0.4, -0.2) is 217 Å². The van der Waals surface area contributed by atoms with E-state index in [2.05, 4.69) is 603 Å². The molecule has 0 aliphatic heterocycles. The smallest absolute Gasteiger partial charge is 0.412 e. The number of rotatable bonds is 30. The molecule has 0 aromatic heterocycles. The minimum absolute atomic E-state index is 0. The van der Waals surface area contributed by atoms with Gasteiger partial charge in [-0.2, -0.15) is 0 Å². The van der Waals surface area contributed by atoms with Gasteiger partial charge < -0.3 is 603 Å². The fourth-order valence-corrected chi connectivity index (χ4v) is 7.37. The number of nitrogens with one attached hydrogen (secondary N) is 20. The second-order valence-electron chi connectivity index (χ2n) is 14.3. The molecule has 110 heavy (non-hydrogen) atoms. The molecule has 0 aliphatic carbocycles. The van der Waals surface area contributed by atoms with Crippen LogP contribution in [0.2, 0.25) is 0 Å². The molecule has 20 N–H and O–H groups in total. The van der Waals surface area contributed by atoms with E-state index in [1.165, 1.54) is 0 Å². The van der Waals surface area contributed by atoms with Gasteiger partial charge in [0, 0.05) is 131 Å². The maximum Gasteiger partial charge on any atom is 2.00 e. The molecule has 0 fully saturated rings. The van der Waals surface area contributed by atoms with Gasteiger partial charge >= 0.3 is 173 Å². The molecule has 0 unspecified atom stereocenters. The Kier molecular flexibility index (Phi) is 205. The van der Waals surface area contributed by atoms with Crippen LogP contribution in [-0.2, 0) is 426 Å². The Balaban J connectivity index is -0.0000000450. The predicted molar refractivity (Wildman–Crippen MR) is 559 cm³/mol. The molecule has 0 bridgehead atoms. The van der Waals surface area contributed by atoms with Crippen molar-refractivity contribution in [3.8, 4) is 0 Å². The van der Waals surface area contributed by atoms with Crippen LogP contribution < -0.4 is 106 Å². The minimum atomic E-state index is 0. The molecule has 0 aliphatic rings. The van der Waals surface area contributed by atoms with E-state index < -0.39 is 0 Å². The first-order valence-electron chi connectivity index (χ1n) is 25.2. The van der Waals surface area contributed by atoms with Crippen LogP contribution in [0.1, 0.15) is 0 Å². The average Bonchev–Trinajstić information content (AvgIpc) is 1.34. The average molecular weight is 2660 g/mol. The fourth-order valence-electron chi connectivity index (χ4n) is 3.29. The van der Waals surface area contributed by atoms with Gasteiger partial charge in [-0.15, -0.1) is 0 Å². The van der Waals surface area contributed by atoms with Crippen molar-refractivity contribution in [2.75, 3.05) is 131 Å². The Morgan fingerprint density at radius 3 is 0.155 bits per heavy atom. The van der Waals surface area contributed by atoms with Crippen molar-refractivity contribution in [2.24, 2.45) is 0 Å². The Bertz CT molecular complexity index is 1780. The zero-order valence-corrected chi connectivity index (χ0v) is 101. The van der Waals surface area contributed by atoms with Crippen molar-refractivity contribution in [3.63, 3.8) is 0 Å². The third-order valence-electron chi connectivity index (χ3n) is 6.64. The number of thiocarbonyl (C=S) groups is 20. The van der Waals surface area contributed by atoms with Gasteiger partial charge in [-0.3, -0.25) is 0 Å². The molecule has 70 heteroatoms. The Morgan fingerprint density at radius 1 is 0.109 bits per heavy atom. The van der Waals surface area contributed by atoms with Crippen molar-refractivity contribution in [1.82, 2.24) is 106 Å². The SMILES string of the molecule is S=C([S-])NCCNC(=S)[S-].S=C([S-])NCCNC(=S)[S-].S=C([S-])NCCNC(=S)[S-].S=C([S-])NCCNC(=S)[S-].S=C([S-])NCCNC(=S)[S-].S=C([S-])NCCNC(=S)[S-].S=C([S-])NCCNC(=S)[S-].S=C([S-])NCCNC(=S)[S-].S=C([S-])NCCNC(=S)[S-].S=C([S-])NCCNC(=S)[S-].[Mn+2].[Mn+2].[Mn+2].[Mn+2].[Mn+2].[Mn+2].[Mn+2].[Mn+2].[Mn+2].[Zn+2]. The third kappa shape index (κ3) is 252. The quantitative estimate of drug-likeness (QED) is 0.0166. The molecule has 0 aromatic carbocycles. The maximum atomic E-state index is 4.59. The van der Waals surface area contributed by atoms with E-state index in [1.807, 2.05) is 0 Å². The van der Waals surface area contributed by atoms with Gasteiger partial charge in [-0.1, -0.05) is 86.4 Å². The maximum absolute atomic E-state index is 4.59. The summed E-state index contributed by atoms with van der Waals surface area (Å²) >= 11 is 184. The third-order valence-corrected chi connectivity index (χ3v) is 12.4. The molecule has 9 radical (unpaired) electrons. The van der Waals surface area contributed by atoms with Gasteiger partial charge in [0.1, 0.15) is 0 Å². The fraction of sp³-hybridized carbons (Fsp3) is 0.500. The van der Waals surface area contributed by atoms with Crippen molar-refractivity contribution < 1.29 is 173 Å². The molecular formula is C40H60Mn9N20S40Zn. The standard InChI is InChI=1S/10C4H8N2S4.9Mn.Zn/c10*7-3(8)5-1-2-6-4(9)10;;;;;;;;;;/h10*1-2H2,(H2,5,7,8)(H2,6,9,10);;;;;;;;;;/q;;;;;;;;;;10*+2/p-20. The summed E-state index contributed by atoms with van der Waals surface area (Å²) in [6, 6.07) is 0. The van der Waals surface area contributed by atoms with Crippen LogP contribution in [0.15, 0.2) is 0 Å². The molecule has 0 rings (SSSR count). The van der Waals surface area contributed by atoms with Crippen molar-refractivity contribution in [3.05, 3.63) is 0 Å². The summed E-state index contributed by atoms with van der Waals surface area (Å²) in [7, 11) is 0. The second-order valence-corrected chi connectivity index (χ2v) is 35.8. The van der Waals surface area contributed by atoms with E-state index in [0.717, 1.165) is 0 Å². The zero-order valence-electron chi connectivity index (χ0n) is 54.6. The number of hydrogen-bond acceptors (Lipinski definition) is 40. The first-order valence-corrected chi connectivity index (χ1v) is 41.6. The summed E-state index contributed by atoms with van der Waals surface area (Å²) in [5.41, 5.74) is 0. The van der Waals surface area contributed by atoms with Crippen LogP contribution in [0.3, 0.4) is 0 Å². The Labute approximate surface area is 976 Å². The van der Waals surface area contributed by atoms with Gasteiger partial charge in [-0.05, 0) is 0 Å². The van der Waals surface area contributed by atoms with E-state index >= 15 is 0 Å². The molecule has 0 saturated heterocycles. The van der Waals surface area contributed by atoms with Crippen molar-refractivity contribution in [2.45, 2.75) is 0 Å². The summed E-state index contributed by atoms with van der Waals surface area (Å²) in [6.07, 6.45) is 0. The van der Waals surface area contributed by atoms with Crippen LogP contribution in [0.5, 0.6) is 0 Å². The van der Waals surface area contributed by atoms with Crippen molar-refractivity contribution in [1.29, 1.82) is 0 Å². The first-order chi connectivity index (χ1) is 46.3. The Hall–Kier alpha value is 7.50. The molecule has 625 valence electrons. The summed E-state index contributed by atoms with van der Waals surface area (Å²) in [4.78, 5) is 0. The van der Waals surface area contributed by atoms with Crippen molar-refractivity contribution >= 4 is 583 Å². The van der Waals surface area contributed by atoms with Crippen LogP contribution >= 0.6 is 244 Å². The van der Waals surface area contributed by atoms with Gasteiger partial charge in [0.15, 0.2) is 0 Å². The predicted octanol–water partition coefficient (Wildman–Crippen LogP) is -1.73. The topological polar surface area (TPSA) is 241 Å². The monoisotopic (exact) mass is 2660 g/mol. The molecule has 0 amide bonds. The summed E-state index contributed by atoms with van der Waals surface area (Å²) in [6.45, 7) is 13.3. The van der Waals surface area contributed by atoms with Gasteiger partial charge in [0.2, 0.25) is 0 Å². The van der Waals surface area contributed by atoms with Crippen LogP contribution in [0.25, 0.3) is 0 Å². The number of hydrogen-bond donors (Lipinski definition) is 20. The van der Waals surface area contributed by atoms with Gasteiger partial charge in [-0.25, -0.2) is 0 Å². The normalized spacial score (nSPS) is 7.64. The van der Waals surface area contributed by atoms with E-state index in [-0.39, 0.29) is 173 Å². The van der Waals surface area contributed by atoms with E-state index in [0.29, 0.717) is 217 Å². The molecule has 0 aromatic rings. The van der Waals surface area contributed by atoms with E-state index in [1.54, 1.807) is 0 Å². The minimum Gasteiger partial charge on any atom is -0.412 e. The molecular weight excluding hydrogens is 2600 g/mol.